The Morgan fingerprint density at radius 3 is 2.24 bits per heavy atom. The Balaban J connectivity index is 1.77. The van der Waals surface area contributed by atoms with Crippen LogP contribution in [0.15, 0.2) is 84.9 Å². The number of nitrogens with one attached hydrogen (secondary N) is 1. The highest BCUT2D eigenvalue weighted by atomic mass is 19.1. The van der Waals surface area contributed by atoms with Crippen LogP contribution in [0, 0.1) is 5.82 Å². The summed E-state index contributed by atoms with van der Waals surface area (Å²) in [6.07, 6.45) is 0.291. The van der Waals surface area contributed by atoms with Gasteiger partial charge >= 0.3 is 0 Å². The Labute approximate surface area is 167 Å². The number of carbonyl (C=O) groups excluding carboxylic acids is 1. The van der Waals surface area contributed by atoms with E-state index in [0.717, 1.165) is 28.1 Å². The van der Waals surface area contributed by atoms with E-state index >= 15 is 0 Å². The number of aromatic nitrogens is 2. The van der Waals surface area contributed by atoms with Gasteiger partial charge in [-0.3, -0.25) is 4.79 Å². The number of nitrogens with zero attached hydrogens (tertiary/aromatic N) is 2. The lowest BCUT2D eigenvalue weighted by Crippen LogP contribution is -2.24. The highest BCUT2D eigenvalue weighted by Gasteiger charge is 2.34. The van der Waals surface area contributed by atoms with E-state index in [4.69, 9.17) is 5.10 Å². The number of carbonyl (C=O) groups is 1. The molecule has 1 aliphatic heterocycles. The molecule has 0 saturated carbocycles. The largest absolute Gasteiger partial charge is 0.310 e. The van der Waals surface area contributed by atoms with E-state index in [2.05, 4.69) is 5.32 Å². The Morgan fingerprint density at radius 1 is 0.897 bits per heavy atom. The molecule has 0 unspecified atom stereocenters. The lowest BCUT2D eigenvalue weighted by molar-refractivity contribution is -0.116. The average molecular weight is 383 g/mol. The topological polar surface area (TPSA) is 46.9 Å². The van der Waals surface area contributed by atoms with E-state index in [1.807, 2.05) is 60.7 Å². The molecule has 1 aliphatic rings. The summed E-state index contributed by atoms with van der Waals surface area (Å²) >= 11 is 0. The summed E-state index contributed by atoms with van der Waals surface area (Å²) < 4.78 is 15.3. The van der Waals surface area contributed by atoms with Crippen molar-refractivity contribution >= 4 is 11.7 Å². The number of halogens is 1. The minimum Gasteiger partial charge on any atom is -0.310 e. The summed E-state index contributed by atoms with van der Waals surface area (Å²) in [4.78, 5) is 12.6. The molecule has 4 nitrogen and oxygen atoms in total. The van der Waals surface area contributed by atoms with Gasteiger partial charge in [-0.15, -0.1) is 0 Å². The zero-order valence-electron chi connectivity index (χ0n) is 15.5. The van der Waals surface area contributed by atoms with Gasteiger partial charge in [0.05, 0.1) is 11.4 Å². The SMILES string of the molecule is O=C1C[C@H](c2ccc(F)cc2)c2c(-c3ccccc3)nn(-c3ccccc3)c2N1. The summed E-state index contributed by atoms with van der Waals surface area (Å²) in [5.41, 5.74) is 4.50. The molecule has 0 spiro atoms. The molecule has 1 atom stereocenters. The first-order chi connectivity index (χ1) is 14.2. The van der Waals surface area contributed by atoms with E-state index in [9.17, 15) is 9.18 Å². The van der Waals surface area contributed by atoms with Crippen LogP contribution in [0.2, 0.25) is 0 Å². The van der Waals surface area contributed by atoms with E-state index in [1.54, 1.807) is 16.8 Å². The number of hydrogen-bond donors (Lipinski definition) is 1. The highest BCUT2D eigenvalue weighted by molar-refractivity contribution is 5.96. The van der Waals surface area contributed by atoms with E-state index < -0.39 is 0 Å². The fraction of sp³-hybridized carbons (Fsp3) is 0.0833. The lowest BCUT2D eigenvalue weighted by Gasteiger charge is -2.24. The Hall–Kier alpha value is -3.73. The summed E-state index contributed by atoms with van der Waals surface area (Å²) in [5.74, 6) is 0.0914. The third kappa shape index (κ3) is 3.10. The van der Waals surface area contributed by atoms with Crippen molar-refractivity contribution in [1.29, 1.82) is 0 Å². The summed E-state index contributed by atoms with van der Waals surface area (Å²) in [7, 11) is 0. The van der Waals surface area contributed by atoms with Crippen molar-refractivity contribution in [3.63, 3.8) is 0 Å². The maximum atomic E-state index is 13.5. The minimum absolute atomic E-state index is 0.0801. The standard InChI is InChI=1S/C24H18FN3O/c25-18-13-11-16(12-14-18)20-15-21(29)26-24-22(20)23(17-7-3-1-4-8-17)27-28(24)19-9-5-2-6-10-19/h1-14,20H,15H2,(H,26,29)/t20-/m1/s1. The lowest BCUT2D eigenvalue weighted by atomic mass is 9.84. The van der Waals surface area contributed by atoms with Gasteiger partial charge in [-0.05, 0) is 29.8 Å². The van der Waals surface area contributed by atoms with Crippen molar-refractivity contribution in [2.45, 2.75) is 12.3 Å². The molecule has 2 heterocycles. The van der Waals surface area contributed by atoms with Crippen LogP contribution in [-0.4, -0.2) is 15.7 Å². The van der Waals surface area contributed by atoms with Crippen LogP contribution < -0.4 is 5.32 Å². The van der Waals surface area contributed by atoms with Gasteiger partial charge in [0.25, 0.3) is 0 Å². The molecule has 142 valence electrons. The molecule has 0 saturated heterocycles. The number of benzene rings is 3. The molecule has 1 amide bonds. The molecular formula is C24H18FN3O. The fourth-order valence-electron chi connectivity index (χ4n) is 3.90. The molecule has 3 aromatic carbocycles. The van der Waals surface area contributed by atoms with E-state index in [1.165, 1.54) is 12.1 Å². The van der Waals surface area contributed by atoms with Crippen LogP contribution in [0.3, 0.4) is 0 Å². The smallest absolute Gasteiger partial charge is 0.226 e. The first kappa shape index (κ1) is 17.4. The number of rotatable bonds is 3. The molecule has 5 rings (SSSR count). The Kier molecular flexibility index (Phi) is 4.21. The van der Waals surface area contributed by atoms with Crippen molar-refractivity contribution < 1.29 is 9.18 Å². The maximum absolute atomic E-state index is 13.5. The first-order valence-electron chi connectivity index (χ1n) is 9.50. The van der Waals surface area contributed by atoms with Crippen molar-refractivity contribution in [3.8, 4) is 16.9 Å². The van der Waals surface area contributed by atoms with Crippen molar-refractivity contribution in [3.05, 3.63) is 102 Å². The average Bonchev–Trinajstić information content (AvgIpc) is 3.14. The second-order valence-electron chi connectivity index (χ2n) is 7.08. The van der Waals surface area contributed by atoms with Crippen molar-refractivity contribution in [1.82, 2.24) is 9.78 Å². The zero-order chi connectivity index (χ0) is 19.8. The van der Waals surface area contributed by atoms with Crippen LogP contribution in [-0.2, 0) is 4.79 Å². The zero-order valence-corrected chi connectivity index (χ0v) is 15.5. The number of fused-ring (bicyclic) bond motifs is 1. The van der Waals surface area contributed by atoms with Gasteiger partial charge in [0, 0.05) is 23.5 Å². The molecular weight excluding hydrogens is 365 g/mol. The number of anilines is 1. The molecule has 0 fully saturated rings. The van der Waals surface area contributed by atoms with Crippen LogP contribution in [0.1, 0.15) is 23.5 Å². The predicted octanol–water partition coefficient (Wildman–Crippen LogP) is 5.15. The third-order valence-electron chi connectivity index (χ3n) is 5.24. The number of hydrogen-bond acceptors (Lipinski definition) is 2. The van der Waals surface area contributed by atoms with Crippen LogP contribution in [0.4, 0.5) is 10.2 Å². The fourth-order valence-corrected chi connectivity index (χ4v) is 3.90. The Bertz CT molecular complexity index is 1170. The Morgan fingerprint density at radius 2 is 1.55 bits per heavy atom. The normalized spacial score (nSPS) is 15.6. The van der Waals surface area contributed by atoms with Crippen LogP contribution in [0.5, 0.6) is 0 Å². The van der Waals surface area contributed by atoms with Crippen molar-refractivity contribution in [2.24, 2.45) is 0 Å². The van der Waals surface area contributed by atoms with Crippen molar-refractivity contribution in [2.75, 3.05) is 5.32 Å². The molecule has 1 N–H and O–H groups in total. The van der Waals surface area contributed by atoms with Gasteiger partial charge in [-0.2, -0.15) is 5.10 Å². The second kappa shape index (κ2) is 7.02. The van der Waals surface area contributed by atoms with Gasteiger partial charge in [-0.25, -0.2) is 9.07 Å². The monoisotopic (exact) mass is 383 g/mol. The quantitative estimate of drug-likeness (QED) is 0.532. The predicted molar refractivity (Wildman–Crippen MR) is 110 cm³/mol. The van der Waals surface area contributed by atoms with Gasteiger partial charge in [0.15, 0.2) is 0 Å². The molecule has 1 aromatic heterocycles. The number of para-hydroxylation sites is 1. The molecule has 0 bridgehead atoms. The van der Waals surface area contributed by atoms with Crippen LogP contribution in [0.25, 0.3) is 16.9 Å². The molecule has 4 aromatic rings. The minimum atomic E-state index is -0.294. The van der Waals surface area contributed by atoms with Crippen LogP contribution >= 0.6 is 0 Å². The molecule has 0 radical (unpaired) electrons. The van der Waals surface area contributed by atoms with E-state index in [-0.39, 0.29) is 17.6 Å². The van der Waals surface area contributed by atoms with Gasteiger partial charge < -0.3 is 5.32 Å². The second-order valence-corrected chi connectivity index (χ2v) is 7.08. The highest BCUT2D eigenvalue weighted by Crippen LogP contribution is 2.43. The molecule has 29 heavy (non-hydrogen) atoms. The summed E-state index contributed by atoms with van der Waals surface area (Å²) in [6.45, 7) is 0. The molecule has 0 aliphatic carbocycles. The van der Waals surface area contributed by atoms with Gasteiger partial charge in [0.1, 0.15) is 11.6 Å². The third-order valence-corrected chi connectivity index (χ3v) is 5.24. The summed E-state index contributed by atoms with van der Waals surface area (Å²) in [5, 5.41) is 7.90. The maximum Gasteiger partial charge on any atom is 0.226 e. The van der Waals surface area contributed by atoms with E-state index in [0.29, 0.717) is 12.2 Å². The van der Waals surface area contributed by atoms with Gasteiger partial charge in [0.2, 0.25) is 5.91 Å². The number of amides is 1. The summed E-state index contributed by atoms with van der Waals surface area (Å²) in [6, 6.07) is 26.0. The first-order valence-corrected chi connectivity index (χ1v) is 9.50. The molecule has 5 heteroatoms. The van der Waals surface area contributed by atoms with Gasteiger partial charge in [-0.1, -0.05) is 60.7 Å².